The molecule has 4 nitrogen and oxygen atoms in total. The maximum absolute atomic E-state index is 8.64. The number of nitrogens with zero attached hydrogens (tertiary/aromatic N) is 2. The number of aliphatic hydroxyl groups excluding tert-OH is 1. The number of hydrogen-bond donors (Lipinski definition) is 1. The number of ether oxygens (including phenoxy) is 1. The minimum Gasteiger partial charge on any atom is -0.487 e. The fraction of sp³-hybridized carbons (Fsp3) is 0.312. The highest BCUT2D eigenvalue weighted by molar-refractivity contribution is 5.38. The SMILES string of the molecule is CCn1nc(C)cc1COc1ccc(C#CCO)cc1. The summed E-state index contributed by atoms with van der Waals surface area (Å²) in [5.41, 5.74) is 2.93. The van der Waals surface area contributed by atoms with Crippen LogP contribution in [-0.4, -0.2) is 21.5 Å². The fourth-order valence-electron chi connectivity index (χ4n) is 1.92. The van der Waals surface area contributed by atoms with E-state index in [0.29, 0.717) is 6.61 Å². The van der Waals surface area contributed by atoms with Gasteiger partial charge in [0.05, 0.1) is 11.4 Å². The summed E-state index contributed by atoms with van der Waals surface area (Å²) in [7, 11) is 0. The molecule has 0 saturated carbocycles. The van der Waals surface area contributed by atoms with Gasteiger partial charge in [0.25, 0.3) is 0 Å². The van der Waals surface area contributed by atoms with Gasteiger partial charge < -0.3 is 9.84 Å². The van der Waals surface area contributed by atoms with E-state index in [1.54, 1.807) is 0 Å². The number of benzene rings is 1. The molecule has 1 heterocycles. The van der Waals surface area contributed by atoms with Crippen molar-refractivity contribution in [1.82, 2.24) is 9.78 Å². The van der Waals surface area contributed by atoms with Crippen molar-refractivity contribution in [2.45, 2.75) is 27.0 Å². The second-order valence-corrected chi connectivity index (χ2v) is 4.37. The highest BCUT2D eigenvalue weighted by Gasteiger charge is 2.04. The third-order valence-electron chi connectivity index (χ3n) is 2.84. The molecule has 0 fully saturated rings. The molecule has 0 bridgehead atoms. The Morgan fingerprint density at radius 3 is 2.70 bits per heavy atom. The van der Waals surface area contributed by atoms with Gasteiger partial charge in [0.15, 0.2) is 0 Å². The molecule has 2 rings (SSSR count). The Balaban J connectivity index is 2.00. The van der Waals surface area contributed by atoms with Crippen LogP contribution in [0.3, 0.4) is 0 Å². The molecule has 1 N–H and O–H groups in total. The average Bonchev–Trinajstić information content (AvgIpc) is 2.84. The first kappa shape index (κ1) is 14.2. The molecule has 0 unspecified atom stereocenters. The number of aromatic nitrogens is 2. The number of aliphatic hydroxyl groups is 1. The molecular weight excluding hydrogens is 252 g/mol. The predicted molar refractivity (Wildman–Crippen MR) is 77.4 cm³/mol. The minimum absolute atomic E-state index is 0.126. The lowest BCUT2D eigenvalue weighted by Crippen LogP contribution is -2.06. The van der Waals surface area contributed by atoms with Crippen LogP contribution in [0, 0.1) is 18.8 Å². The van der Waals surface area contributed by atoms with Gasteiger partial charge in [0, 0.05) is 12.1 Å². The highest BCUT2D eigenvalue weighted by Crippen LogP contribution is 2.14. The lowest BCUT2D eigenvalue weighted by Gasteiger charge is -2.07. The van der Waals surface area contributed by atoms with Gasteiger partial charge in [-0.15, -0.1) is 0 Å². The summed E-state index contributed by atoms with van der Waals surface area (Å²) in [4.78, 5) is 0. The van der Waals surface area contributed by atoms with Crippen molar-refractivity contribution in [3.05, 3.63) is 47.3 Å². The van der Waals surface area contributed by atoms with Gasteiger partial charge in [0.1, 0.15) is 19.0 Å². The van der Waals surface area contributed by atoms with Crippen LogP contribution < -0.4 is 4.74 Å². The lowest BCUT2D eigenvalue weighted by atomic mass is 10.2. The van der Waals surface area contributed by atoms with Gasteiger partial charge in [0.2, 0.25) is 0 Å². The summed E-state index contributed by atoms with van der Waals surface area (Å²) >= 11 is 0. The lowest BCUT2D eigenvalue weighted by molar-refractivity contribution is 0.292. The molecule has 2 aromatic rings. The van der Waals surface area contributed by atoms with Crippen molar-refractivity contribution in [3.63, 3.8) is 0 Å². The minimum atomic E-state index is -0.126. The van der Waals surface area contributed by atoms with E-state index in [1.165, 1.54) is 0 Å². The average molecular weight is 270 g/mol. The van der Waals surface area contributed by atoms with E-state index < -0.39 is 0 Å². The van der Waals surface area contributed by atoms with Crippen LogP contribution in [0.1, 0.15) is 23.9 Å². The quantitative estimate of drug-likeness (QED) is 0.866. The second kappa shape index (κ2) is 6.78. The molecule has 1 aromatic carbocycles. The Hall–Kier alpha value is -2.25. The summed E-state index contributed by atoms with van der Waals surface area (Å²) in [5.74, 6) is 6.25. The van der Waals surface area contributed by atoms with E-state index in [4.69, 9.17) is 9.84 Å². The standard InChI is InChI=1S/C16H18N2O2/c1-3-18-15(11-13(2)17-18)12-20-16-8-6-14(7-9-16)5-4-10-19/h6-9,11,19H,3,10,12H2,1-2H3. The van der Waals surface area contributed by atoms with Gasteiger partial charge in [-0.2, -0.15) is 5.10 Å². The Kier molecular flexibility index (Phi) is 4.80. The highest BCUT2D eigenvalue weighted by atomic mass is 16.5. The molecule has 0 aliphatic carbocycles. The van der Waals surface area contributed by atoms with Crippen LogP contribution in [0.5, 0.6) is 5.75 Å². The van der Waals surface area contributed by atoms with Crippen molar-refractivity contribution in [2.75, 3.05) is 6.61 Å². The van der Waals surface area contributed by atoms with E-state index >= 15 is 0 Å². The number of hydrogen-bond acceptors (Lipinski definition) is 3. The maximum atomic E-state index is 8.64. The normalized spacial score (nSPS) is 9.95. The van der Waals surface area contributed by atoms with Crippen molar-refractivity contribution < 1.29 is 9.84 Å². The van der Waals surface area contributed by atoms with Crippen LogP contribution >= 0.6 is 0 Å². The van der Waals surface area contributed by atoms with Gasteiger partial charge in [-0.3, -0.25) is 4.68 Å². The Bertz CT molecular complexity index is 618. The van der Waals surface area contributed by atoms with Gasteiger partial charge in [-0.05, 0) is 44.2 Å². The number of aryl methyl sites for hydroxylation is 2. The molecule has 0 atom stereocenters. The zero-order valence-corrected chi connectivity index (χ0v) is 11.8. The van der Waals surface area contributed by atoms with Crippen molar-refractivity contribution >= 4 is 0 Å². The first-order valence-electron chi connectivity index (χ1n) is 6.59. The van der Waals surface area contributed by atoms with Gasteiger partial charge in [-0.25, -0.2) is 0 Å². The smallest absolute Gasteiger partial charge is 0.130 e. The molecule has 1 aromatic heterocycles. The number of rotatable bonds is 4. The maximum Gasteiger partial charge on any atom is 0.130 e. The van der Waals surface area contributed by atoms with Crippen LogP contribution in [0.25, 0.3) is 0 Å². The molecule has 0 saturated heterocycles. The van der Waals surface area contributed by atoms with Crippen LogP contribution in [0.4, 0.5) is 0 Å². The molecule has 104 valence electrons. The van der Waals surface area contributed by atoms with E-state index in [-0.39, 0.29) is 6.61 Å². The topological polar surface area (TPSA) is 47.3 Å². The van der Waals surface area contributed by atoms with Crippen LogP contribution in [0.15, 0.2) is 30.3 Å². The third-order valence-corrected chi connectivity index (χ3v) is 2.84. The first-order chi connectivity index (χ1) is 9.72. The van der Waals surface area contributed by atoms with Gasteiger partial charge >= 0.3 is 0 Å². The second-order valence-electron chi connectivity index (χ2n) is 4.37. The zero-order valence-electron chi connectivity index (χ0n) is 11.8. The molecule has 0 aliphatic rings. The summed E-state index contributed by atoms with van der Waals surface area (Å²) in [6, 6.07) is 9.53. The molecular formula is C16H18N2O2. The largest absolute Gasteiger partial charge is 0.487 e. The van der Waals surface area contributed by atoms with E-state index in [2.05, 4.69) is 23.9 Å². The molecule has 20 heavy (non-hydrogen) atoms. The van der Waals surface area contributed by atoms with Crippen LogP contribution in [-0.2, 0) is 13.2 Å². The monoisotopic (exact) mass is 270 g/mol. The van der Waals surface area contributed by atoms with Crippen LogP contribution in [0.2, 0.25) is 0 Å². The molecule has 0 radical (unpaired) electrons. The fourth-order valence-corrected chi connectivity index (χ4v) is 1.92. The predicted octanol–water partition coefficient (Wildman–Crippen LogP) is 2.13. The molecule has 0 amide bonds. The van der Waals surface area contributed by atoms with Crippen molar-refractivity contribution in [2.24, 2.45) is 0 Å². The Morgan fingerprint density at radius 1 is 1.30 bits per heavy atom. The molecule has 4 heteroatoms. The Labute approximate surface area is 119 Å². The zero-order chi connectivity index (χ0) is 14.4. The Morgan fingerprint density at radius 2 is 2.05 bits per heavy atom. The summed E-state index contributed by atoms with van der Waals surface area (Å²) < 4.78 is 7.69. The summed E-state index contributed by atoms with van der Waals surface area (Å²) in [5, 5.41) is 13.0. The molecule has 0 spiro atoms. The van der Waals surface area contributed by atoms with Gasteiger partial charge in [-0.1, -0.05) is 11.8 Å². The van der Waals surface area contributed by atoms with E-state index in [0.717, 1.165) is 29.2 Å². The van der Waals surface area contributed by atoms with Crippen molar-refractivity contribution in [3.8, 4) is 17.6 Å². The summed E-state index contributed by atoms with van der Waals surface area (Å²) in [6.07, 6.45) is 0. The first-order valence-corrected chi connectivity index (χ1v) is 6.59. The van der Waals surface area contributed by atoms with E-state index in [9.17, 15) is 0 Å². The summed E-state index contributed by atoms with van der Waals surface area (Å²) in [6.45, 7) is 5.24. The molecule has 0 aliphatic heterocycles. The third kappa shape index (κ3) is 3.62. The van der Waals surface area contributed by atoms with E-state index in [1.807, 2.05) is 41.9 Å². The van der Waals surface area contributed by atoms with Crippen molar-refractivity contribution in [1.29, 1.82) is 0 Å².